The standard InChI is InChI=1S/C17H15N5S/c1-13(17-19-9-12-23-17)21-11-8-18-16(21)14-3-5-15(6-4-14)22-10-2-7-20-22/h2-13H,1H3/t13-/m0/s1. The van der Waals surface area contributed by atoms with Crippen molar-refractivity contribution >= 4 is 11.3 Å². The summed E-state index contributed by atoms with van der Waals surface area (Å²) in [6.45, 7) is 2.14. The molecule has 5 nitrogen and oxygen atoms in total. The Labute approximate surface area is 137 Å². The second-order valence-electron chi connectivity index (χ2n) is 5.20. The van der Waals surface area contributed by atoms with Crippen LogP contribution in [0.1, 0.15) is 18.0 Å². The van der Waals surface area contributed by atoms with E-state index < -0.39 is 0 Å². The number of hydrogen-bond donors (Lipinski definition) is 0. The van der Waals surface area contributed by atoms with Crippen LogP contribution >= 0.6 is 11.3 Å². The summed E-state index contributed by atoms with van der Waals surface area (Å²) < 4.78 is 4.00. The van der Waals surface area contributed by atoms with E-state index in [2.05, 4.69) is 50.8 Å². The van der Waals surface area contributed by atoms with E-state index in [0.29, 0.717) is 0 Å². The molecule has 1 aromatic carbocycles. The molecule has 0 spiro atoms. The SMILES string of the molecule is C[C@@H](c1nccs1)n1ccnc1-c1ccc(-n2cccn2)cc1. The first-order valence-corrected chi connectivity index (χ1v) is 8.23. The van der Waals surface area contributed by atoms with E-state index in [1.54, 1.807) is 17.5 Å². The summed E-state index contributed by atoms with van der Waals surface area (Å²) in [5, 5.41) is 7.33. The van der Waals surface area contributed by atoms with Gasteiger partial charge in [-0.15, -0.1) is 11.3 Å². The number of thiazole rings is 1. The highest BCUT2D eigenvalue weighted by atomic mass is 32.1. The van der Waals surface area contributed by atoms with Crippen molar-refractivity contribution in [1.82, 2.24) is 24.3 Å². The average Bonchev–Trinajstić information content (AvgIpc) is 3.36. The van der Waals surface area contributed by atoms with E-state index >= 15 is 0 Å². The van der Waals surface area contributed by atoms with Crippen LogP contribution in [0.15, 0.2) is 66.7 Å². The molecule has 114 valence electrons. The fraction of sp³-hybridized carbons (Fsp3) is 0.118. The molecular weight excluding hydrogens is 306 g/mol. The van der Waals surface area contributed by atoms with Crippen molar-refractivity contribution in [1.29, 1.82) is 0 Å². The maximum Gasteiger partial charge on any atom is 0.140 e. The van der Waals surface area contributed by atoms with Crippen molar-refractivity contribution in [2.24, 2.45) is 0 Å². The number of benzene rings is 1. The van der Waals surface area contributed by atoms with Crippen LogP contribution in [-0.2, 0) is 0 Å². The van der Waals surface area contributed by atoms with Crippen molar-refractivity contribution in [3.8, 4) is 17.1 Å². The zero-order chi connectivity index (χ0) is 15.6. The molecule has 0 aliphatic heterocycles. The number of nitrogens with zero attached hydrogens (tertiary/aromatic N) is 5. The summed E-state index contributed by atoms with van der Waals surface area (Å²) in [7, 11) is 0. The van der Waals surface area contributed by atoms with Crippen LogP contribution in [0.2, 0.25) is 0 Å². The highest BCUT2D eigenvalue weighted by Crippen LogP contribution is 2.27. The van der Waals surface area contributed by atoms with Gasteiger partial charge in [-0.05, 0) is 37.3 Å². The first-order valence-electron chi connectivity index (χ1n) is 7.35. The molecule has 0 bridgehead atoms. The van der Waals surface area contributed by atoms with Crippen molar-refractivity contribution in [3.05, 3.63) is 71.7 Å². The van der Waals surface area contributed by atoms with Gasteiger partial charge in [-0.25, -0.2) is 14.6 Å². The van der Waals surface area contributed by atoms with Gasteiger partial charge in [0.2, 0.25) is 0 Å². The predicted molar refractivity (Wildman–Crippen MR) is 90.7 cm³/mol. The molecule has 3 aromatic heterocycles. The lowest BCUT2D eigenvalue weighted by Gasteiger charge is -2.14. The van der Waals surface area contributed by atoms with Crippen LogP contribution in [0.4, 0.5) is 0 Å². The smallest absolute Gasteiger partial charge is 0.140 e. The molecule has 0 aliphatic carbocycles. The molecule has 0 fully saturated rings. The van der Waals surface area contributed by atoms with E-state index in [4.69, 9.17) is 0 Å². The van der Waals surface area contributed by atoms with Crippen molar-refractivity contribution in [3.63, 3.8) is 0 Å². The Kier molecular flexibility index (Phi) is 3.51. The molecule has 4 aromatic rings. The van der Waals surface area contributed by atoms with Gasteiger partial charge >= 0.3 is 0 Å². The number of hydrogen-bond acceptors (Lipinski definition) is 4. The monoisotopic (exact) mass is 321 g/mol. The topological polar surface area (TPSA) is 48.5 Å². The van der Waals surface area contributed by atoms with Gasteiger partial charge in [-0.3, -0.25) is 0 Å². The van der Waals surface area contributed by atoms with Gasteiger partial charge in [0, 0.05) is 41.9 Å². The van der Waals surface area contributed by atoms with Crippen LogP contribution in [-0.4, -0.2) is 24.3 Å². The lowest BCUT2D eigenvalue weighted by atomic mass is 10.2. The van der Waals surface area contributed by atoms with Crippen molar-refractivity contribution in [2.45, 2.75) is 13.0 Å². The van der Waals surface area contributed by atoms with Gasteiger partial charge in [-0.1, -0.05) is 0 Å². The molecule has 0 saturated carbocycles. The lowest BCUT2D eigenvalue weighted by Crippen LogP contribution is -2.07. The summed E-state index contributed by atoms with van der Waals surface area (Å²) in [6, 6.07) is 10.3. The third-order valence-corrected chi connectivity index (χ3v) is 4.73. The summed E-state index contributed by atoms with van der Waals surface area (Å²) in [6.07, 6.45) is 9.38. The second kappa shape index (κ2) is 5.81. The van der Waals surface area contributed by atoms with Gasteiger partial charge in [0.05, 0.1) is 11.7 Å². The van der Waals surface area contributed by atoms with Gasteiger partial charge in [0.1, 0.15) is 10.8 Å². The van der Waals surface area contributed by atoms with Crippen LogP contribution in [0.25, 0.3) is 17.1 Å². The molecular formula is C17H15N5S. The minimum absolute atomic E-state index is 0.165. The van der Waals surface area contributed by atoms with Crippen molar-refractivity contribution in [2.75, 3.05) is 0 Å². The Balaban J connectivity index is 1.68. The summed E-state index contributed by atoms with van der Waals surface area (Å²) in [5.41, 5.74) is 2.11. The molecule has 6 heteroatoms. The molecule has 0 N–H and O–H groups in total. The zero-order valence-electron chi connectivity index (χ0n) is 12.6. The molecule has 3 heterocycles. The maximum atomic E-state index is 4.53. The first-order chi connectivity index (χ1) is 11.3. The number of rotatable bonds is 4. The molecule has 0 aliphatic rings. The Bertz CT molecular complexity index is 876. The highest BCUT2D eigenvalue weighted by Gasteiger charge is 2.15. The van der Waals surface area contributed by atoms with E-state index in [0.717, 1.165) is 22.1 Å². The minimum Gasteiger partial charge on any atom is -0.321 e. The number of imidazole rings is 1. The van der Waals surface area contributed by atoms with Crippen LogP contribution in [0, 0.1) is 0 Å². The third-order valence-electron chi connectivity index (χ3n) is 3.79. The fourth-order valence-corrected chi connectivity index (χ4v) is 3.29. The third kappa shape index (κ3) is 2.57. The predicted octanol–water partition coefficient (Wildman–Crippen LogP) is 3.80. The molecule has 4 rings (SSSR count). The van der Waals surface area contributed by atoms with E-state index in [1.165, 1.54) is 0 Å². The molecule has 23 heavy (non-hydrogen) atoms. The molecule has 1 atom stereocenters. The Morgan fingerprint density at radius 2 is 1.87 bits per heavy atom. The highest BCUT2D eigenvalue weighted by molar-refractivity contribution is 7.09. The Morgan fingerprint density at radius 1 is 1.00 bits per heavy atom. The second-order valence-corrected chi connectivity index (χ2v) is 6.13. The van der Waals surface area contributed by atoms with Gasteiger partial charge in [-0.2, -0.15) is 5.10 Å². The van der Waals surface area contributed by atoms with Crippen LogP contribution < -0.4 is 0 Å². The molecule has 0 radical (unpaired) electrons. The van der Waals surface area contributed by atoms with Crippen molar-refractivity contribution < 1.29 is 0 Å². The van der Waals surface area contributed by atoms with E-state index in [1.807, 2.05) is 40.9 Å². The molecule has 0 saturated heterocycles. The average molecular weight is 321 g/mol. The zero-order valence-corrected chi connectivity index (χ0v) is 13.4. The quantitative estimate of drug-likeness (QED) is 0.574. The largest absolute Gasteiger partial charge is 0.321 e. The van der Waals surface area contributed by atoms with Crippen LogP contribution in [0.3, 0.4) is 0 Å². The van der Waals surface area contributed by atoms with Gasteiger partial charge < -0.3 is 4.57 Å². The molecule has 0 unspecified atom stereocenters. The Morgan fingerprint density at radius 3 is 2.57 bits per heavy atom. The van der Waals surface area contributed by atoms with Gasteiger partial charge in [0.25, 0.3) is 0 Å². The van der Waals surface area contributed by atoms with Gasteiger partial charge in [0.15, 0.2) is 0 Å². The maximum absolute atomic E-state index is 4.53. The fourth-order valence-electron chi connectivity index (χ4n) is 2.59. The Hall–Kier alpha value is -2.73. The lowest BCUT2D eigenvalue weighted by molar-refractivity contribution is 0.641. The van der Waals surface area contributed by atoms with E-state index in [-0.39, 0.29) is 6.04 Å². The summed E-state index contributed by atoms with van der Waals surface area (Å²) in [4.78, 5) is 8.94. The minimum atomic E-state index is 0.165. The summed E-state index contributed by atoms with van der Waals surface area (Å²) >= 11 is 1.66. The first kappa shape index (κ1) is 13.9. The molecule has 0 amide bonds. The normalized spacial score (nSPS) is 12.4. The van der Waals surface area contributed by atoms with E-state index in [9.17, 15) is 0 Å². The number of aromatic nitrogens is 5. The summed E-state index contributed by atoms with van der Waals surface area (Å²) in [5.74, 6) is 0.944. The van der Waals surface area contributed by atoms with Crippen LogP contribution in [0.5, 0.6) is 0 Å².